The maximum Gasteiger partial charge on any atom is 0.240 e. The van der Waals surface area contributed by atoms with Crippen molar-refractivity contribution in [3.05, 3.63) is 18.2 Å². The molecule has 0 spiro atoms. The number of nitrogens with one attached hydrogen (secondary N) is 1. The Hall–Kier alpha value is -0.920. The fourth-order valence-corrected chi connectivity index (χ4v) is 4.01. The van der Waals surface area contributed by atoms with Gasteiger partial charge >= 0.3 is 0 Å². The Labute approximate surface area is 124 Å². The molecule has 0 heterocycles. The highest BCUT2D eigenvalue weighted by atomic mass is 32.2. The van der Waals surface area contributed by atoms with Gasteiger partial charge in [0.1, 0.15) is 4.90 Å². The van der Waals surface area contributed by atoms with E-state index in [2.05, 4.69) is 11.6 Å². The predicted molar refractivity (Wildman–Crippen MR) is 85.4 cm³/mol. The number of thioether (sulfide) groups is 1. The minimum absolute atomic E-state index is 0.0136. The van der Waals surface area contributed by atoms with E-state index in [0.29, 0.717) is 11.7 Å². The highest BCUT2D eigenvalue weighted by Crippen LogP contribution is 2.31. The first kappa shape index (κ1) is 15.5. The fourth-order valence-electron chi connectivity index (χ4n) is 2.58. The zero-order chi connectivity index (χ0) is 14.8. The van der Waals surface area contributed by atoms with Crippen molar-refractivity contribution in [3.8, 4) is 0 Å². The number of nitrogens with two attached hydrogens (primary N) is 2. The van der Waals surface area contributed by atoms with Crippen molar-refractivity contribution >= 4 is 33.2 Å². The van der Waals surface area contributed by atoms with Crippen molar-refractivity contribution in [3.63, 3.8) is 0 Å². The average molecular weight is 315 g/mol. The number of sulfonamides is 1. The first-order valence-electron chi connectivity index (χ1n) is 6.62. The van der Waals surface area contributed by atoms with E-state index in [1.165, 1.54) is 18.9 Å². The van der Waals surface area contributed by atoms with Gasteiger partial charge in [-0.2, -0.15) is 11.8 Å². The van der Waals surface area contributed by atoms with Gasteiger partial charge in [-0.05, 0) is 44.1 Å². The van der Waals surface area contributed by atoms with E-state index >= 15 is 0 Å². The van der Waals surface area contributed by atoms with Crippen LogP contribution in [-0.2, 0) is 10.0 Å². The zero-order valence-electron chi connectivity index (χ0n) is 11.5. The van der Waals surface area contributed by atoms with E-state index in [4.69, 9.17) is 10.9 Å². The topological polar surface area (TPSA) is 98.2 Å². The summed E-state index contributed by atoms with van der Waals surface area (Å²) in [7, 11) is -3.78. The van der Waals surface area contributed by atoms with Gasteiger partial charge in [0.05, 0.1) is 11.4 Å². The van der Waals surface area contributed by atoms with Gasteiger partial charge < -0.3 is 11.1 Å². The molecule has 1 aromatic rings. The molecule has 112 valence electrons. The smallest absolute Gasteiger partial charge is 0.240 e. The lowest BCUT2D eigenvalue weighted by Crippen LogP contribution is -2.27. The van der Waals surface area contributed by atoms with E-state index in [9.17, 15) is 8.42 Å². The van der Waals surface area contributed by atoms with Gasteiger partial charge in [0.15, 0.2) is 0 Å². The molecule has 2 rings (SSSR count). The molecular weight excluding hydrogens is 294 g/mol. The Morgan fingerprint density at radius 3 is 2.45 bits per heavy atom. The number of nitrogen functional groups attached to an aromatic ring is 1. The average Bonchev–Trinajstić information content (AvgIpc) is 2.40. The molecule has 0 bridgehead atoms. The normalized spacial score (nSPS) is 23.5. The van der Waals surface area contributed by atoms with Crippen LogP contribution in [0.5, 0.6) is 0 Å². The summed E-state index contributed by atoms with van der Waals surface area (Å²) in [6.07, 6.45) is 6.64. The molecular formula is C13H21N3O2S2. The molecule has 1 aromatic carbocycles. The summed E-state index contributed by atoms with van der Waals surface area (Å²) in [5, 5.41) is 9.25. The molecule has 1 saturated carbocycles. The fraction of sp³-hybridized carbons (Fsp3) is 0.538. The lowest BCUT2D eigenvalue weighted by Gasteiger charge is -2.29. The Balaban J connectivity index is 2.11. The third kappa shape index (κ3) is 3.59. The summed E-state index contributed by atoms with van der Waals surface area (Å²) < 4.78 is 22.9. The Morgan fingerprint density at radius 1 is 1.25 bits per heavy atom. The van der Waals surface area contributed by atoms with Crippen LogP contribution in [0.3, 0.4) is 0 Å². The van der Waals surface area contributed by atoms with Gasteiger partial charge in [0.2, 0.25) is 10.0 Å². The van der Waals surface area contributed by atoms with Crippen LogP contribution in [0.25, 0.3) is 0 Å². The molecule has 5 N–H and O–H groups in total. The molecule has 0 radical (unpaired) electrons. The molecule has 0 aromatic heterocycles. The summed E-state index contributed by atoms with van der Waals surface area (Å²) >= 11 is 1.91. The van der Waals surface area contributed by atoms with E-state index < -0.39 is 10.0 Å². The zero-order valence-corrected chi connectivity index (χ0v) is 13.1. The number of rotatable bonds is 4. The van der Waals surface area contributed by atoms with Gasteiger partial charge in [-0.25, -0.2) is 13.6 Å². The summed E-state index contributed by atoms with van der Waals surface area (Å²) in [6.45, 7) is 0. The van der Waals surface area contributed by atoms with Crippen molar-refractivity contribution in [2.75, 3.05) is 17.3 Å². The number of anilines is 2. The molecule has 20 heavy (non-hydrogen) atoms. The lowest BCUT2D eigenvalue weighted by molar-refractivity contribution is 0.473. The second-order valence-corrected chi connectivity index (χ2v) is 7.78. The first-order chi connectivity index (χ1) is 9.41. The third-order valence-electron chi connectivity index (χ3n) is 3.74. The highest BCUT2D eigenvalue weighted by molar-refractivity contribution is 7.99. The number of hydrogen-bond acceptors (Lipinski definition) is 5. The minimum atomic E-state index is -3.78. The van der Waals surface area contributed by atoms with Crippen LogP contribution < -0.4 is 16.2 Å². The maximum atomic E-state index is 11.4. The number of primary sulfonamides is 1. The van der Waals surface area contributed by atoms with E-state index in [-0.39, 0.29) is 10.6 Å². The standard InChI is InChI=1S/C13H21N3O2S2/c1-19-10-7-5-9(6-8-10)16-11-3-2-4-12(13(11)14)20(15,17)18/h2-4,9-10,16H,5-8,14H2,1H3,(H2,15,17,18). The predicted octanol–water partition coefficient (Wildman–Crippen LogP) is 2.00. The summed E-state index contributed by atoms with van der Waals surface area (Å²) in [4.78, 5) is -0.0136. The van der Waals surface area contributed by atoms with Gasteiger partial charge in [0.25, 0.3) is 0 Å². The number of hydrogen-bond donors (Lipinski definition) is 3. The minimum Gasteiger partial charge on any atom is -0.396 e. The second-order valence-electron chi connectivity index (χ2n) is 5.12. The van der Waals surface area contributed by atoms with Gasteiger partial charge in [0, 0.05) is 11.3 Å². The Kier molecular flexibility index (Phi) is 4.82. The van der Waals surface area contributed by atoms with Gasteiger partial charge in [-0.15, -0.1) is 0 Å². The van der Waals surface area contributed by atoms with Crippen LogP contribution in [0.15, 0.2) is 23.1 Å². The lowest BCUT2D eigenvalue weighted by atomic mass is 9.94. The second kappa shape index (κ2) is 6.24. The third-order valence-corrected chi connectivity index (χ3v) is 5.85. The van der Waals surface area contributed by atoms with Crippen LogP contribution in [0.1, 0.15) is 25.7 Å². The molecule has 0 unspecified atom stereocenters. The molecule has 1 aliphatic rings. The van der Waals surface area contributed by atoms with Crippen molar-refractivity contribution in [2.24, 2.45) is 5.14 Å². The molecule has 0 amide bonds. The maximum absolute atomic E-state index is 11.4. The van der Waals surface area contributed by atoms with Crippen LogP contribution >= 0.6 is 11.8 Å². The SMILES string of the molecule is CSC1CCC(Nc2cccc(S(N)(=O)=O)c2N)CC1. The molecule has 0 saturated heterocycles. The van der Waals surface area contributed by atoms with E-state index in [1.54, 1.807) is 12.1 Å². The van der Waals surface area contributed by atoms with Crippen LogP contribution in [0.4, 0.5) is 11.4 Å². The van der Waals surface area contributed by atoms with Crippen LogP contribution in [0.2, 0.25) is 0 Å². The largest absolute Gasteiger partial charge is 0.396 e. The molecule has 0 atom stereocenters. The first-order valence-corrected chi connectivity index (χ1v) is 9.46. The Morgan fingerprint density at radius 2 is 1.90 bits per heavy atom. The van der Waals surface area contributed by atoms with Crippen LogP contribution in [-0.4, -0.2) is 26.0 Å². The Bertz CT molecular complexity index is 567. The van der Waals surface area contributed by atoms with Crippen molar-refractivity contribution in [2.45, 2.75) is 41.9 Å². The number of benzene rings is 1. The quantitative estimate of drug-likeness (QED) is 0.738. The molecule has 1 aliphatic carbocycles. The van der Waals surface area contributed by atoms with Gasteiger partial charge in [-0.1, -0.05) is 6.07 Å². The molecule has 1 fully saturated rings. The highest BCUT2D eigenvalue weighted by Gasteiger charge is 2.22. The molecule has 7 heteroatoms. The number of para-hydroxylation sites is 1. The van der Waals surface area contributed by atoms with Crippen LogP contribution in [0, 0.1) is 0 Å². The summed E-state index contributed by atoms with van der Waals surface area (Å²) in [6, 6.07) is 5.23. The van der Waals surface area contributed by atoms with Gasteiger partial charge in [-0.3, -0.25) is 0 Å². The van der Waals surface area contributed by atoms with E-state index in [1.807, 2.05) is 11.8 Å². The van der Waals surface area contributed by atoms with Crippen molar-refractivity contribution < 1.29 is 8.42 Å². The van der Waals surface area contributed by atoms with E-state index in [0.717, 1.165) is 18.1 Å². The summed E-state index contributed by atoms with van der Waals surface area (Å²) in [5.41, 5.74) is 6.78. The molecule has 0 aliphatic heterocycles. The molecule has 5 nitrogen and oxygen atoms in total. The van der Waals surface area contributed by atoms with Crippen molar-refractivity contribution in [1.29, 1.82) is 0 Å². The van der Waals surface area contributed by atoms with Crippen molar-refractivity contribution in [1.82, 2.24) is 0 Å². The monoisotopic (exact) mass is 315 g/mol. The summed E-state index contributed by atoms with van der Waals surface area (Å²) in [5.74, 6) is 0.